The standard InChI is InChI=1S/C14H7BO4S/c1-6-10(15)13(18)12(17)9-8(4-19-14(6)9)11(16)7-2-3-20-5-7/h2-5H,1H3. The van der Waals surface area contributed by atoms with Crippen LogP contribution in [-0.4, -0.2) is 25.2 Å². The van der Waals surface area contributed by atoms with Gasteiger partial charge in [-0.1, -0.05) is 0 Å². The number of rotatable bonds is 2. The van der Waals surface area contributed by atoms with E-state index in [0.717, 1.165) is 0 Å². The van der Waals surface area contributed by atoms with Gasteiger partial charge in [0.15, 0.2) is 5.78 Å². The molecule has 1 aliphatic rings. The molecule has 20 heavy (non-hydrogen) atoms. The van der Waals surface area contributed by atoms with Crippen molar-refractivity contribution >= 4 is 42.1 Å². The highest BCUT2D eigenvalue weighted by molar-refractivity contribution is 7.08. The average Bonchev–Trinajstić information content (AvgIpc) is 3.10. The van der Waals surface area contributed by atoms with Gasteiger partial charge in [0.05, 0.1) is 11.1 Å². The zero-order valence-electron chi connectivity index (χ0n) is 10.4. The number of carbonyl (C=O) groups is 3. The van der Waals surface area contributed by atoms with Crippen LogP contribution in [0, 0.1) is 0 Å². The molecule has 2 aromatic rings. The maximum absolute atomic E-state index is 12.3. The van der Waals surface area contributed by atoms with Crippen LogP contribution in [0.2, 0.25) is 0 Å². The lowest BCUT2D eigenvalue weighted by molar-refractivity contribution is -0.111. The topological polar surface area (TPSA) is 64.3 Å². The molecule has 0 aliphatic heterocycles. The van der Waals surface area contributed by atoms with E-state index in [1.807, 2.05) is 0 Å². The molecule has 0 bridgehead atoms. The van der Waals surface area contributed by atoms with Gasteiger partial charge >= 0.3 is 0 Å². The van der Waals surface area contributed by atoms with E-state index >= 15 is 0 Å². The van der Waals surface area contributed by atoms with Gasteiger partial charge in [-0.3, -0.25) is 14.4 Å². The zero-order valence-corrected chi connectivity index (χ0v) is 11.2. The molecule has 0 atom stereocenters. The number of carbonyl (C=O) groups excluding carboxylic acids is 3. The predicted molar refractivity (Wildman–Crippen MR) is 74.1 cm³/mol. The summed E-state index contributed by atoms with van der Waals surface area (Å²) in [5.74, 6) is -1.73. The largest absolute Gasteiger partial charge is 0.463 e. The number of ketones is 3. The minimum atomic E-state index is -0.796. The van der Waals surface area contributed by atoms with Gasteiger partial charge < -0.3 is 4.42 Å². The molecular formula is C14H7BO4S. The summed E-state index contributed by atoms with van der Waals surface area (Å²) in [6, 6.07) is 1.65. The quantitative estimate of drug-likeness (QED) is 0.481. The highest BCUT2D eigenvalue weighted by atomic mass is 32.1. The Morgan fingerprint density at radius 2 is 2.05 bits per heavy atom. The minimum absolute atomic E-state index is 0.0119. The van der Waals surface area contributed by atoms with Crippen molar-refractivity contribution in [2.24, 2.45) is 0 Å². The highest BCUT2D eigenvalue weighted by Gasteiger charge is 2.35. The number of thiophene rings is 1. The van der Waals surface area contributed by atoms with Gasteiger partial charge in [-0.2, -0.15) is 11.3 Å². The molecule has 6 heteroatoms. The molecule has 0 amide bonds. The fourth-order valence-electron chi connectivity index (χ4n) is 2.10. The first kappa shape index (κ1) is 12.8. The van der Waals surface area contributed by atoms with E-state index in [4.69, 9.17) is 12.3 Å². The third-order valence-corrected chi connectivity index (χ3v) is 3.92. The van der Waals surface area contributed by atoms with Crippen molar-refractivity contribution in [1.29, 1.82) is 0 Å². The average molecular weight is 282 g/mol. The normalized spacial score (nSPS) is 14.7. The third kappa shape index (κ3) is 1.65. The molecule has 0 saturated heterocycles. The zero-order chi connectivity index (χ0) is 14.4. The number of hydrogen-bond acceptors (Lipinski definition) is 5. The molecule has 0 spiro atoms. The molecule has 0 fully saturated rings. The maximum atomic E-state index is 12.3. The van der Waals surface area contributed by atoms with Gasteiger partial charge in [0.2, 0.25) is 11.6 Å². The lowest BCUT2D eigenvalue weighted by Gasteiger charge is -2.13. The van der Waals surface area contributed by atoms with Gasteiger partial charge in [0.25, 0.3) is 0 Å². The second kappa shape index (κ2) is 4.42. The van der Waals surface area contributed by atoms with Crippen LogP contribution in [0.25, 0.3) is 5.57 Å². The van der Waals surface area contributed by atoms with Crippen LogP contribution in [-0.2, 0) is 4.79 Å². The molecule has 2 heterocycles. The van der Waals surface area contributed by atoms with Gasteiger partial charge in [-0.25, -0.2) is 0 Å². The lowest BCUT2D eigenvalue weighted by atomic mass is 9.77. The molecule has 0 N–H and O–H groups in total. The Morgan fingerprint density at radius 1 is 1.30 bits per heavy atom. The Morgan fingerprint density at radius 3 is 2.70 bits per heavy atom. The summed E-state index contributed by atoms with van der Waals surface area (Å²) in [6.07, 6.45) is 1.21. The third-order valence-electron chi connectivity index (χ3n) is 3.24. The Balaban J connectivity index is 2.20. The molecule has 0 aromatic carbocycles. The maximum Gasteiger partial charge on any atom is 0.236 e. The second-order valence-corrected chi connectivity index (χ2v) is 5.17. The van der Waals surface area contributed by atoms with Crippen molar-refractivity contribution in [3.8, 4) is 0 Å². The fraction of sp³-hybridized carbons (Fsp3) is 0.0714. The van der Waals surface area contributed by atoms with E-state index < -0.39 is 11.6 Å². The molecule has 3 rings (SSSR count). The summed E-state index contributed by atoms with van der Waals surface area (Å²) < 4.78 is 5.28. The van der Waals surface area contributed by atoms with Crippen molar-refractivity contribution in [3.05, 3.63) is 51.0 Å². The van der Waals surface area contributed by atoms with Crippen LogP contribution < -0.4 is 0 Å². The molecule has 96 valence electrons. The van der Waals surface area contributed by atoms with Crippen LogP contribution in [0.15, 0.2) is 33.0 Å². The van der Waals surface area contributed by atoms with Crippen molar-refractivity contribution in [1.82, 2.24) is 0 Å². The Kier molecular flexibility index (Phi) is 2.83. The van der Waals surface area contributed by atoms with Gasteiger partial charge in [0.1, 0.15) is 19.9 Å². The van der Waals surface area contributed by atoms with Crippen LogP contribution in [0.1, 0.15) is 39.0 Å². The van der Waals surface area contributed by atoms with Crippen molar-refractivity contribution in [2.75, 3.05) is 0 Å². The summed E-state index contributed by atoms with van der Waals surface area (Å²) in [5, 5.41) is 3.43. The number of Topliss-reactive ketones (excluding diaryl/α,β-unsaturated/α-hetero) is 2. The van der Waals surface area contributed by atoms with E-state index in [0.29, 0.717) is 11.1 Å². The molecule has 0 saturated carbocycles. The van der Waals surface area contributed by atoms with Crippen molar-refractivity contribution in [3.63, 3.8) is 0 Å². The van der Waals surface area contributed by atoms with E-state index in [-0.39, 0.29) is 28.1 Å². The first-order valence-electron chi connectivity index (χ1n) is 5.76. The molecule has 1 aliphatic carbocycles. The fourth-order valence-corrected chi connectivity index (χ4v) is 2.74. The van der Waals surface area contributed by atoms with Gasteiger partial charge in [-0.15, -0.1) is 0 Å². The second-order valence-electron chi connectivity index (χ2n) is 4.39. The van der Waals surface area contributed by atoms with Crippen LogP contribution in [0.4, 0.5) is 0 Å². The number of allylic oxidation sites excluding steroid dienone is 2. The summed E-state index contributed by atoms with van der Waals surface area (Å²) in [7, 11) is 5.57. The van der Waals surface area contributed by atoms with Crippen molar-refractivity contribution < 1.29 is 18.8 Å². The number of fused-ring (bicyclic) bond motifs is 1. The van der Waals surface area contributed by atoms with E-state index in [1.165, 1.54) is 17.6 Å². The lowest BCUT2D eigenvalue weighted by Crippen LogP contribution is -2.24. The summed E-state index contributed by atoms with van der Waals surface area (Å²) >= 11 is 1.37. The summed E-state index contributed by atoms with van der Waals surface area (Å²) in [5.41, 5.74) is 0.820. The Bertz CT molecular complexity index is 780. The predicted octanol–water partition coefficient (Wildman–Crippen LogP) is 2.24. The summed E-state index contributed by atoms with van der Waals surface area (Å²) in [4.78, 5) is 36.1. The van der Waals surface area contributed by atoms with E-state index in [2.05, 4.69) is 0 Å². The van der Waals surface area contributed by atoms with Gasteiger partial charge in [0, 0.05) is 10.9 Å². The first-order valence-corrected chi connectivity index (χ1v) is 6.70. The Labute approximate surface area is 119 Å². The monoisotopic (exact) mass is 282 g/mol. The molecule has 0 unspecified atom stereocenters. The summed E-state index contributed by atoms with van der Waals surface area (Å²) in [6.45, 7) is 1.58. The molecule has 2 radical (unpaired) electrons. The minimum Gasteiger partial charge on any atom is -0.463 e. The number of furan rings is 1. The highest BCUT2D eigenvalue weighted by Crippen LogP contribution is 2.32. The van der Waals surface area contributed by atoms with E-state index in [1.54, 1.807) is 23.8 Å². The van der Waals surface area contributed by atoms with Crippen LogP contribution >= 0.6 is 11.3 Å². The molecule has 2 aromatic heterocycles. The van der Waals surface area contributed by atoms with Crippen LogP contribution in [0.5, 0.6) is 0 Å². The van der Waals surface area contributed by atoms with E-state index in [9.17, 15) is 14.4 Å². The molecular weight excluding hydrogens is 275 g/mol. The number of hydrogen-bond donors (Lipinski definition) is 0. The SMILES string of the molecule is [B]C1=C(C)c2occ(C(=O)c3ccsc3)c2C(=O)C1=O. The van der Waals surface area contributed by atoms with Crippen LogP contribution in [0.3, 0.4) is 0 Å². The smallest absolute Gasteiger partial charge is 0.236 e. The van der Waals surface area contributed by atoms with Gasteiger partial charge in [-0.05, 0) is 29.4 Å². The molecule has 4 nitrogen and oxygen atoms in total. The van der Waals surface area contributed by atoms with Crippen molar-refractivity contribution in [2.45, 2.75) is 6.92 Å². The Hall–Kier alpha value is -2.21. The first-order chi connectivity index (χ1) is 9.52.